The number of methoxy groups -OCH3 is 3. The van der Waals surface area contributed by atoms with E-state index in [1.165, 1.54) is 11.3 Å². The molecule has 28 heavy (non-hydrogen) atoms. The fourth-order valence-electron chi connectivity index (χ4n) is 2.96. The summed E-state index contributed by atoms with van der Waals surface area (Å²) >= 11 is 1.44. The number of hydrogen-bond acceptors (Lipinski definition) is 7. The molecule has 4 rings (SSSR count). The largest absolute Gasteiger partial charge is 0.493 e. The van der Waals surface area contributed by atoms with Crippen LogP contribution in [0, 0.1) is 0 Å². The van der Waals surface area contributed by atoms with Gasteiger partial charge in [-0.15, -0.1) is 11.3 Å². The summed E-state index contributed by atoms with van der Waals surface area (Å²) < 4.78 is 21.4. The molecule has 0 amide bonds. The molecule has 0 saturated carbocycles. The maximum absolute atomic E-state index is 12.5. The van der Waals surface area contributed by atoms with Crippen molar-refractivity contribution < 1.29 is 18.6 Å². The van der Waals surface area contributed by atoms with E-state index in [4.69, 9.17) is 18.6 Å². The lowest BCUT2D eigenvalue weighted by Crippen LogP contribution is -2.03. The maximum atomic E-state index is 12.5. The zero-order valence-corrected chi connectivity index (χ0v) is 16.3. The summed E-state index contributed by atoms with van der Waals surface area (Å²) in [5, 5.41) is 3.38. The molecule has 0 radical (unpaired) electrons. The van der Waals surface area contributed by atoms with Crippen LogP contribution in [0.3, 0.4) is 0 Å². The third kappa shape index (κ3) is 3.10. The molecular formula is C21H17NO5S. The van der Waals surface area contributed by atoms with Gasteiger partial charge in [0.1, 0.15) is 5.01 Å². The summed E-state index contributed by atoms with van der Waals surface area (Å²) in [6.45, 7) is 0. The summed E-state index contributed by atoms with van der Waals surface area (Å²) in [4.78, 5) is 17.2. The molecule has 2 aromatic carbocycles. The van der Waals surface area contributed by atoms with E-state index in [9.17, 15) is 4.79 Å². The molecule has 7 heteroatoms. The molecule has 0 spiro atoms. The third-order valence-corrected chi connectivity index (χ3v) is 5.25. The Kier molecular flexibility index (Phi) is 4.75. The van der Waals surface area contributed by atoms with Gasteiger partial charge >= 0.3 is 5.63 Å². The average Bonchev–Trinajstić information content (AvgIpc) is 3.22. The van der Waals surface area contributed by atoms with E-state index in [0.29, 0.717) is 34.1 Å². The average molecular weight is 395 g/mol. The lowest BCUT2D eigenvalue weighted by atomic mass is 10.1. The number of para-hydroxylation sites is 1. The minimum atomic E-state index is -0.457. The highest BCUT2D eigenvalue weighted by Gasteiger charge is 2.15. The number of rotatable bonds is 5. The predicted octanol–water partition coefficient (Wildman–Crippen LogP) is 4.61. The molecule has 0 aliphatic rings. The van der Waals surface area contributed by atoms with Gasteiger partial charge in [0.25, 0.3) is 0 Å². The second-order valence-electron chi connectivity index (χ2n) is 5.93. The minimum absolute atomic E-state index is 0.406. The van der Waals surface area contributed by atoms with Crippen LogP contribution in [0.25, 0.3) is 32.8 Å². The molecule has 0 fully saturated rings. The Labute approximate surface area is 164 Å². The first-order valence-electron chi connectivity index (χ1n) is 8.43. The van der Waals surface area contributed by atoms with E-state index in [-0.39, 0.29) is 0 Å². The predicted molar refractivity (Wildman–Crippen MR) is 109 cm³/mol. The van der Waals surface area contributed by atoms with Gasteiger partial charge in [-0.2, -0.15) is 0 Å². The third-order valence-electron chi connectivity index (χ3n) is 4.35. The van der Waals surface area contributed by atoms with Crippen LogP contribution >= 0.6 is 11.3 Å². The van der Waals surface area contributed by atoms with Gasteiger partial charge in [0.05, 0.1) is 32.6 Å². The first-order chi connectivity index (χ1) is 13.6. The van der Waals surface area contributed by atoms with E-state index >= 15 is 0 Å². The lowest BCUT2D eigenvalue weighted by Gasteiger charge is -2.08. The molecule has 4 aromatic rings. The van der Waals surface area contributed by atoms with Gasteiger partial charge in [-0.3, -0.25) is 0 Å². The Morgan fingerprint density at radius 1 is 0.929 bits per heavy atom. The molecule has 0 N–H and O–H groups in total. The number of aromatic nitrogens is 1. The van der Waals surface area contributed by atoms with Crippen molar-refractivity contribution >= 4 is 22.3 Å². The summed E-state index contributed by atoms with van der Waals surface area (Å²) in [6.07, 6.45) is 0. The number of hydrogen-bond donors (Lipinski definition) is 0. The molecule has 0 atom stereocenters. The van der Waals surface area contributed by atoms with Crippen molar-refractivity contribution in [3.05, 3.63) is 58.3 Å². The molecule has 0 unspecified atom stereocenters. The van der Waals surface area contributed by atoms with Gasteiger partial charge in [0.15, 0.2) is 22.8 Å². The SMILES string of the molecule is COc1ccc(-c2nc(-c3cc4cccc(OC)c4oc3=O)cs2)cc1OC. The van der Waals surface area contributed by atoms with E-state index in [1.54, 1.807) is 33.5 Å². The molecule has 0 bridgehead atoms. The standard InChI is InChI=1S/C21H17NO5S/c1-24-16-8-7-13(10-18(16)26-3)20-22-15(11-28-20)14-9-12-5-4-6-17(25-2)19(12)27-21(14)23/h4-11H,1-3H3. The second-order valence-corrected chi connectivity index (χ2v) is 6.79. The zero-order chi connectivity index (χ0) is 19.7. The van der Waals surface area contributed by atoms with Gasteiger partial charge in [-0.1, -0.05) is 12.1 Å². The zero-order valence-electron chi connectivity index (χ0n) is 15.5. The Balaban J connectivity index is 1.78. The van der Waals surface area contributed by atoms with Crippen molar-refractivity contribution in [2.24, 2.45) is 0 Å². The summed E-state index contributed by atoms with van der Waals surface area (Å²) in [5.74, 6) is 1.78. The van der Waals surface area contributed by atoms with Crippen LogP contribution in [0.15, 0.2) is 57.1 Å². The summed E-state index contributed by atoms with van der Waals surface area (Å²) in [5.41, 5.74) is 1.81. The maximum Gasteiger partial charge on any atom is 0.345 e. The Morgan fingerprint density at radius 3 is 2.46 bits per heavy atom. The number of ether oxygens (including phenoxy) is 3. The van der Waals surface area contributed by atoms with Crippen molar-refractivity contribution in [2.75, 3.05) is 21.3 Å². The van der Waals surface area contributed by atoms with E-state index in [2.05, 4.69) is 4.98 Å². The van der Waals surface area contributed by atoms with Crippen molar-refractivity contribution in [3.8, 4) is 39.1 Å². The Bertz CT molecular complexity index is 1210. The molecule has 0 aliphatic carbocycles. The quantitative estimate of drug-likeness (QED) is 0.460. The molecule has 2 aromatic heterocycles. The van der Waals surface area contributed by atoms with Crippen LogP contribution < -0.4 is 19.8 Å². The number of thiazole rings is 1. The normalized spacial score (nSPS) is 10.8. The van der Waals surface area contributed by atoms with Crippen molar-refractivity contribution in [2.45, 2.75) is 0 Å². The van der Waals surface area contributed by atoms with Gasteiger partial charge in [-0.05, 0) is 30.3 Å². The smallest absolute Gasteiger partial charge is 0.345 e. The topological polar surface area (TPSA) is 70.8 Å². The Morgan fingerprint density at radius 2 is 1.71 bits per heavy atom. The molecule has 0 aliphatic heterocycles. The van der Waals surface area contributed by atoms with E-state index in [0.717, 1.165) is 16.0 Å². The molecule has 142 valence electrons. The monoisotopic (exact) mass is 395 g/mol. The van der Waals surface area contributed by atoms with Gasteiger partial charge in [-0.25, -0.2) is 9.78 Å². The first-order valence-corrected chi connectivity index (χ1v) is 9.31. The highest BCUT2D eigenvalue weighted by Crippen LogP contribution is 2.35. The fourth-order valence-corrected chi connectivity index (χ4v) is 3.77. The van der Waals surface area contributed by atoms with Gasteiger partial charge < -0.3 is 18.6 Å². The van der Waals surface area contributed by atoms with Crippen LogP contribution in [0.4, 0.5) is 0 Å². The minimum Gasteiger partial charge on any atom is -0.493 e. The van der Waals surface area contributed by atoms with Crippen LogP contribution in [0.5, 0.6) is 17.2 Å². The number of benzene rings is 2. The molecule has 0 saturated heterocycles. The molecule has 6 nitrogen and oxygen atoms in total. The summed E-state index contributed by atoms with van der Waals surface area (Å²) in [7, 11) is 4.72. The van der Waals surface area contributed by atoms with Gasteiger partial charge in [0.2, 0.25) is 0 Å². The summed E-state index contributed by atoms with van der Waals surface area (Å²) in [6, 6.07) is 12.8. The van der Waals surface area contributed by atoms with Crippen LogP contribution in [-0.2, 0) is 0 Å². The van der Waals surface area contributed by atoms with E-state index < -0.39 is 5.63 Å². The van der Waals surface area contributed by atoms with Crippen LogP contribution in [-0.4, -0.2) is 26.3 Å². The van der Waals surface area contributed by atoms with Gasteiger partial charge in [0, 0.05) is 16.3 Å². The van der Waals surface area contributed by atoms with E-state index in [1.807, 2.05) is 35.7 Å². The van der Waals surface area contributed by atoms with Crippen molar-refractivity contribution in [3.63, 3.8) is 0 Å². The Hall–Kier alpha value is -3.32. The fraction of sp³-hybridized carbons (Fsp3) is 0.143. The molecular weight excluding hydrogens is 378 g/mol. The van der Waals surface area contributed by atoms with Crippen LogP contribution in [0.2, 0.25) is 0 Å². The number of nitrogens with zero attached hydrogens (tertiary/aromatic N) is 1. The second kappa shape index (κ2) is 7.36. The lowest BCUT2D eigenvalue weighted by molar-refractivity contribution is 0.355. The highest BCUT2D eigenvalue weighted by molar-refractivity contribution is 7.13. The molecule has 2 heterocycles. The van der Waals surface area contributed by atoms with Crippen molar-refractivity contribution in [1.29, 1.82) is 0 Å². The van der Waals surface area contributed by atoms with Crippen molar-refractivity contribution in [1.82, 2.24) is 4.98 Å². The van der Waals surface area contributed by atoms with Crippen LogP contribution in [0.1, 0.15) is 0 Å². The number of fused-ring (bicyclic) bond motifs is 1. The first kappa shape index (κ1) is 18.1. The highest BCUT2D eigenvalue weighted by atomic mass is 32.1.